The summed E-state index contributed by atoms with van der Waals surface area (Å²) < 4.78 is 2.98. The SMILES string of the molecule is CCn1cc(-c2cnc(N)c(NCc3cc4[nH]ncc4s3)n2)cn1. The van der Waals surface area contributed by atoms with Crippen LogP contribution in [0.4, 0.5) is 11.6 Å². The van der Waals surface area contributed by atoms with Gasteiger partial charge in [-0.1, -0.05) is 0 Å². The molecule has 0 fully saturated rings. The molecule has 122 valence electrons. The first kappa shape index (κ1) is 14.6. The number of nitrogen functional groups attached to an aromatic ring is 1. The minimum Gasteiger partial charge on any atom is -0.381 e. The second-order valence-corrected chi connectivity index (χ2v) is 6.46. The average Bonchev–Trinajstić information content (AvgIpc) is 3.29. The van der Waals surface area contributed by atoms with Gasteiger partial charge in [0.1, 0.15) is 0 Å². The van der Waals surface area contributed by atoms with Crippen LogP contribution in [0, 0.1) is 0 Å². The van der Waals surface area contributed by atoms with Crippen molar-refractivity contribution >= 4 is 33.2 Å². The summed E-state index contributed by atoms with van der Waals surface area (Å²) in [6.07, 6.45) is 7.21. The molecule has 9 heteroatoms. The Balaban J connectivity index is 1.55. The molecule has 4 heterocycles. The first-order valence-corrected chi connectivity index (χ1v) is 8.35. The van der Waals surface area contributed by atoms with Gasteiger partial charge in [-0.3, -0.25) is 9.78 Å². The van der Waals surface area contributed by atoms with Gasteiger partial charge in [0, 0.05) is 23.2 Å². The fraction of sp³-hybridized carbons (Fsp3) is 0.200. The van der Waals surface area contributed by atoms with Crippen LogP contribution < -0.4 is 11.1 Å². The Kier molecular flexibility index (Phi) is 3.62. The number of rotatable bonds is 5. The third kappa shape index (κ3) is 2.69. The van der Waals surface area contributed by atoms with Crippen molar-refractivity contribution in [1.29, 1.82) is 0 Å². The van der Waals surface area contributed by atoms with Crippen molar-refractivity contribution in [3.05, 3.63) is 35.7 Å². The second kappa shape index (κ2) is 5.93. The van der Waals surface area contributed by atoms with Crippen molar-refractivity contribution in [2.45, 2.75) is 20.0 Å². The highest BCUT2D eigenvalue weighted by molar-refractivity contribution is 7.19. The zero-order chi connectivity index (χ0) is 16.5. The van der Waals surface area contributed by atoms with E-state index >= 15 is 0 Å². The maximum atomic E-state index is 5.95. The van der Waals surface area contributed by atoms with Gasteiger partial charge in [-0.2, -0.15) is 10.2 Å². The normalized spacial score (nSPS) is 11.2. The Labute approximate surface area is 141 Å². The third-order valence-corrected chi connectivity index (χ3v) is 4.73. The number of aromatic nitrogens is 6. The number of aromatic amines is 1. The summed E-state index contributed by atoms with van der Waals surface area (Å²) >= 11 is 1.68. The number of nitrogens with two attached hydrogens (primary N) is 1. The molecule has 0 unspecified atom stereocenters. The number of aryl methyl sites for hydroxylation is 1. The highest BCUT2D eigenvalue weighted by Crippen LogP contribution is 2.25. The molecular weight excluding hydrogens is 324 g/mol. The van der Waals surface area contributed by atoms with E-state index < -0.39 is 0 Å². The number of hydrogen-bond donors (Lipinski definition) is 3. The lowest BCUT2D eigenvalue weighted by atomic mass is 10.3. The smallest absolute Gasteiger partial charge is 0.169 e. The molecule has 8 nitrogen and oxygen atoms in total. The first-order valence-electron chi connectivity index (χ1n) is 7.54. The minimum absolute atomic E-state index is 0.380. The van der Waals surface area contributed by atoms with Crippen LogP contribution in [0.3, 0.4) is 0 Å². The lowest BCUT2D eigenvalue weighted by Crippen LogP contribution is -2.06. The summed E-state index contributed by atoms with van der Waals surface area (Å²) in [6.45, 7) is 3.48. The van der Waals surface area contributed by atoms with Gasteiger partial charge >= 0.3 is 0 Å². The van der Waals surface area contributed by atoms with Gasteiger partial charge in [-0.05, 0) is 13.0 Å². The summed E-state index contributed by atoms with van der Waals surface area (Å²) in [5, 5.41) is 14.5. The number of nitrogens with one attached hydrogen (secondary N) is 2. The summed E-state index contributed by atoms with van der Waals surface area (Å²) in [5.74, 6) is 0.956. The highest BCUT2D eigenvalue weighted by Gasteiger charge is 2.09. The van der Waals surface area contributed by atoms with E-state index in [1.54, 1.807) is 23.7 Å². The summed E-state index contributed by atoms with van der Waals surface area (Å²) in [4.78, 5) is 9.99. The van der Waals surface area contributed by atoms with Crippen LogP contribution in [0.5, 0.6) is 0 Å². The number of hydrogen-bond acceptors (Lipinski definition) is 7. The van der Waals surface area contributed by atoms with Crippen molar-refractivity contribution in [3.63, 3.8) is 0 Å². The van der Waals surface area contributed by atoms with Gasteiger partial charge in [0.2, 0.25) is 0 Å². The Morgan fingerprint density at radius 1 is 1.33 bits per heavy atom. The van der Waals surface area contributed by atoms with Crippen molar-refractivity contribution < 1.29 is 0 Å². The molecule has 0 saturated carbocycles. The molecule has 0 saturated heterocycles. The van der Waals surface area contributed by atoms with Gasteiger partial charge in [0.05, 0.1) is 41.0 Å². The van der Waals surface area contributed by atoms with Crippen molar-refractivity contribution in [1.82, 2.24) is 29.9 Å². The molecular formula is C15H16N8S. The number of H-pyrrole nitrogens is 1. The van der Waals surface area contributed by atoms with E-state index in [0.717, 1.165) is 28.0 Å². The van der Waals surface area contributed by atoms with Crippen molar-refractivity contribution in [2.75, 3.05) is 11.1 Å². The van der Waals surface area contributed by atoms with Gasteiger partial charge in [-0.15, -0.1) is 11.3 Å². The largest absolute Gasteiger partial charge is 0.381 e. The number of nitrogens with zero attached hydrogens (tertiary/aromatic N) is 5. The summed E-state index contributed by atoms with van der Waals surface area (Å²) in [7, 11) is 0. The topological polar surface area (TPSA) is 110 Å². The molecule has 4 aromatic heterocycles. The van der Waals surface area contributed by atoms with Gasteiger partial charge in [0.25, 0.3) is 0 Å². The van der Waals surface area contributed by atoms with Crippen LogP contribution in [0.15, 0.2) is 30.9 Å². The summed E-state index contributed by atoms with van der Waals surface area (Å²) in [5.41, 5.74) is 8.65. The van der Waals surface area contributed by atoms with E-state index in [1.165, 1.54) is 4.88 Å². The molecule has 0 spiro atoms. The van der Waals surface area contributed by atoms with E-state index in [0.29, 0.717) is 18.2 Å². The zero-order valence-corrected chi connectivity index (χ0v) is 13.8. The van der Waals surface area contributed by atoms with Crippen LogP contribution in [0.1, 0.15) is 11.8 Å². The van der Waals surface area contributed by atoms with E-state index in [2.05, 4.69) is 36.6 Å². The van der Waals surface area contributed by atoms with E-state index in [-0.39, 0.29) is 0 Å². The Bertz CT molecular complexity index is 954. The zero-order valence-electron chi connectivity index (χ0n) is 13.0. The molecule has 0 radical (unpaired) electrons. The fourth-order valence-corrected chi connectivity index (χ4v) is 3.32. The third-order valence-electron chi connectivity index (χ3n) is 3.66. The molecule has 24 heavy (non-hydrogen) atoms. The van der Waals surface area contributed by atoms with E-state index in [4.69, 9.17) is 5.73 Å². The van der Waals surface area contributed by atoms with Crippen LogP contribution in [0.25, 0.3) is 21.5 Å². The molecule has 0 aliphatic rings. The van der Waals surface area contributed by atoms with Gasteiger partial charge < -0.3 is 11.1 Å². The number of anilines is 2. The quantitative estimate of drug-likeness (QED) is 0.515. The van der Waals surface area contributed by atoms with Crippen molar-refractivity contribution in [3.8, 4) is 11.3 Å². The monoisotopic (exact) mass is 340 g/mol. The fourth-order valence-electron chi connectivity index (χ4n) is 2.40. The minimum atomic E-state index is 0.380. The van der Waals surface area contributed by atoms with Crippen molar-refractivity contribution in [2.24, 2.45) is 0 Å². The molecule has 0 atom stereocenters. The lowest BCUT2D eigenvalue weighted by molar-refractivity contribution is 0.660. The molecule has 0 aliphatic heterocycles. The standard InChI is InChI=1S/C15H16N8S/c1-2-23-8-9(4-20-23)12-6-17-14(16)15(21-12)18-5-10-3-11-13(24-10)7-19-22-11/h3-4,6-8H,2,5H2,1H3,(H2,16,17)(H,18,21)(H,19,22). The molecule has 0 aromatic carbocycles. The van der Waals surface area contributed by atoms with Gasteiger partial charge in [0.15, 0.2) is 11.6 Å². The first-order chi connectivity index (χ1) is 11.7. The number of thiophene rings is 1. The Hall–Kier alpha value is -2.94. The molecule has 0 amide bonds. The molecule has 0 aliphatic carbocycles. The number of fused-ring (bicyclic) bond motifs is 1. The lowest BCUT2D eigenvalue weighted by Gasteiger charge is -2.08. The summed E-state index contributed by atoms with van der Waals surface area (Å²) in [6, 6.07) is 2.07. The van der Waals surface area contributed by atoms with Crippen LogP contribution >= 0.6 is 11.3 Å². The molecule has 4 rings (SSSR count). The predicted octanol–water partition coefficient (Wildman–Crippen LogP) is 2.49. The van der Waals surface area contributed by atoms with Crippen LogP contribution in [-0.2, 0) is 13.1 Å². The Morgan fingerprint density at radius 2 is 2.25 bits per heavy atom. The Morgan fingerprint density at radius 3 is 3.04 bits per heavy atom. The molecule has 0 bridgehead atoms. The maximum absolute atomic E-state index is 5.95. The second-order valence-electron chi connectivity index (χ2n) is 5.29. The molecule has 4 aromatic rings. The predicted molar refractivity (Wildman–Crippen MR) is 94.6 cm³/mol. The van der Waals surface area contributed by atoms with E-state index in [1.807, 2.05) is 24.0 Å². The maximum Gasteiger partial charge on any atom is 0.169 e. The average molecular weight is 340 g/mol. The van der Waals surface area contributed by atoms with Crippen LogP contribution in [0.2, 0.25) is 0 Å². The van der Waals surface area contributed by atoms with Gasteiger partial charge in [-0.25, -0.2) is 9.97 Å². The highest BCUT2D eigenvalue weighted by atomic mass is 32.1. The molecule has 4 N–H and O–H groups in total. The van der Waals surface area contributed by atoms with E-state index in [9.17, 15) is 0 Å². The van der Waals surface area contributed by atoms with Crippen LogP contribution in [-0.4, -0.2) is 29.9 Å².